The van der Waals surface area contributed by atoms with Gasteiger partial charge in [0, 0.05) is 17.3 Å². The molecule has 1 aromatic carbocycles. The molecule has 0 amide bonds. The van der Waals surface area contributed by atoms with Crippen molar-refractivity contribution < 1.29 is 17.9 Å². The molecule has 21 heavy (non-hydrogen) atoms. The normalized spacial score (nSPS) is 13.7. The minimum atomic E-state index is -4.25. The summed E-state index contributed by atoms with van der Waals surface area (Å²) in [5, 5.41) is 6.48. The maximum atomic E-state index is 12.0. The molecule has 0 spiro atoms. The molecule has 1 N–H and O–H groups in total. The van der Waals surface area contributed by atoms with Gasteiger partial charge < -0.3 is 10.1 Å². The van der Waals surface area contributed by atoms with Crippen LogP contribution in [0.15, 0.2) is 29.6 Å². The zero-order valence-electron chi connectivity index (χ0n) is 11.7. The highest BCUT2D eigenvalue weighted by atomic mass is 32.1. The summed E-state index contributed by atoms with van der Waals surface area (Å²) < 4.78 is 41.9. The molecule has 0 saturated heterocycles. The molecule has 1 heterocycles. The summed E-state index contributed by atoms with van der Waals surface area (Å²) in [7, 11) is 1.82. The van der Waals surface area contributed by atoms with E-state index >= 15 is 0 Å². The van der Waals surface area contributed by atoms with Crippen molar-refractivity contribution in [3.8, 4) is 0 Å². The Balaban J connectivity index is 1.87. The molecule has 0 fully saturated rings. The zero-order valence-corrected chi connectivity index (χ0v) is 12.6. The van der Waals surface area contributed by atoms with Crippen LogP contribution < -0.4 is 5.32 Å². The van der Waals surface area contributed by atoms with E-state index in [-0.39, 0.29) is 12.6 Å². The fraction of sp³-hybridized carbons (Fsp3) is 0.467. The van der Waals surface area contributed by atoms with Crippen molar-refractivity contribution in [2.24, 2.45) is 0 Å². The molecule has 2 nitrogen and oxygen atoms in total. The van der Waals surface area contributed by atoms with Crippen LogP contribution in [-0.4, -0.2) is 32.5 Å². The first kappa shape index (κ1) is 16.3. The van der Waals surface area contributed by atoms with Crippen molar-refractivity contribution in [2.75, 3.05) is 20.3 Å². The maximum absolute atomic E-state index is 12.0. The molecule has 1 aromatic heterocycles. The molecule has 0 aliphatic carbocycles. The van der Waals surface area contributed by atoms with Gasteiger partial charge in [0.25, 0.3) is 0 Å². The highest BCUT2D eigenvalue weighted by Crippen LogP contribution is 2.26. The lowest BCUT2D eigenvalue weighted by Gasteiger charge is -2.16. The first-order valence-electron chi connectivity index (χ1n) is 6.76. The third kappa shape index (κ3) is 4.98. The minimum absolute atomic E-state index is 0.104. The number of fused-ring (bicyclic) bond motifs is 1. The van der Waals surface area contributed by atoms with E-state index in [1.807, 2.05) is 19.2 Å². The number of likely N-dealkylation sites (N-methyl/N-ethyl adjacent to an activating group) is 1. The van der Waals surface area contributed by atoms with Gasteiger partial charge >= 0.3 is 6.18 Å². The Kier molecular flexibility index (Phi) is 5.61. The first-order chi connectivity index (χ1) is 9.99. The summed E-state index contributed by atoms with van der Waals surface area (Å²) in [6.07, 6.45) is -2.91. The number of thiophene rings is 1. The molecule has 2 rings (SSSR count). The third-order valence-electron chi connectivity index (χ3n) is 3.31. The second-order valence-corrected chi connectivity index (χ2v) is 5.81. The van der Waals surface area contributed by atoms with Crippen molar-refractivity contribution >= 4 is 21.4 Å². The van der Waals surface area contributed by atoms with Crippen molar-refractivity contribution in [3.05, 3.63) is 35.2 Å². The highest BCUT2D eigenvalue weighted by molar-refractivity contribution is 7.17. The maximum Gasteiger partial charge on any atom is 0.411 e. The third-order valence-corrected chi connectivity index (χ3v) is 4.32. The summed E-state index contributed by atoms with van der Waals surface area (Å²) in [6, 6.07) is 8.26. The Morgan fingerprint density at radius 3 is 2.76 bits per heavy atom. The van der Waals surface area contributed by atoms with E-state index in [4.69, 9.17) is 0 Å². The molecule has 1 atom stereocenters. The Labute approximate surface area is 125 Å². The first-order valence-corrected chi connectivity index (χ1v) is 7.64. The zero-order chi connectivity index (χ0) is 15.3. The summed E-state index contributed by atoms with van der Waals surface area (Å²) in [5.74, 6) is 0. The number of hydrogen-bond acceptors (Lipinski definition) is 3. The van der Waals surface area contributed by atoms with Crippen LogP contribution in [0, 0.1) is 0 Å². The van der Waals surface area contributed by atoms with Gasteiger partial charge in [-0.2, -0.15) is 13.2 Å². The summed E-state index contributed by atoms with van der Waals surface area (Å²) in [4.78, 5) is 0. The van der Waals surface area contributed by atoms with Crippen molar-refractivity contribution in [3.63, 3.8) is 0 Å². The standard InChI is InChI=1S/C15H18F3NOS/c1-19-12(6-7-20-10-15(16,17)18)8-11-9-21-14-5-3-2-4-13(11)14/h2-5,9,12,19H,6-8,10H2,1H3. The van der Waals surface area contributed by atoms with Crippen LogP contribution in [-0.2, 0) is 11.2 Å². The largest absolute Gasteiger partial charge is 0.411 e. The van der Waals surface area contributed by atoms with E-state index in [9.17, 15) is 13.2 Å². The van der Waals surface area contributed by atoms with E-state index in [2.05, 4.69) is 27.6 Å². The van der Waals surface area contributed by atoms with Crippen LogP contribution in [0.2, 0.25) is 0 Å². The van der Waals surface area contributed by atoms with Crippen LogP contribution in [0.1, 0.15) is 12.0 Å². The number of halogens is 3. The molecule has 0 radical (unpaired) electrons. The number of benzene rings is 1. The lowest BCUT2D eigenvalue weighted by molar-refractivity contribution is -0.174. The van der Waals surface area contributed by atoms with Gasteiger partial charge in [-0.05, 0) is 42.3 Å². The number of nitrogens with one attached hydrogen (secondary N) is 1. The smallest absolute Gasteiger partial charge is 0.372 e. The fourth-order valence-corrected chi connectivity index (χ4v) is 3.19. The monoisotopic (exact) mass is 317 g/mol. The van der Waals surface area contributed by atoms with E-state index in [1.54, 1.807) is 11.3 Å². The van der Waals surface area contributed by atoms with Gasteiger partial charge in [0.1, 0.15) is 6.61 Å². The predicted octanol–water partition coefficient (Wildman–Crippen LogP) is 4.00. The van der Waals surface area contributed by atoms with Gasteiger partial charge in [0.05, 0.1) is 0 Å². The molecule has 116 valence electrons. The second kappa shape index (κ2) is 7.24. The van der Waals surface area contributed by atoms with E-state index in [0.717, 1.165) is 6.42 Å². The highest BCUT2D eigenvalue weighted by Gasteiger charge is 2.27. The Hall–Kier alpha value is -1.11. The Morgan fingerprint density at radius 2 is 2.05 bits per heavy atom. The van der Waals surface area contributed by atoms with Crippen molar-refractivity contribution in [1.82, 2.24) is 5.32 Å². The van der Waals surface area contributed by atoms with Crippen LogP contribution >= 0.6 is 11.3 Å². The van der Waals surface area contributed by atoms with Crippen LogP contribution in [0.25, 0.3) is 10.1 Å². The van der Waals surface area contributed by atoms with E-state index in [1.165, 1.54) is 15.6 Å². The Bertz CT molecular complexity index is 567. The lowest BCUT2D eigenvalue weighted by atomic mass is 10.0. The van der Waals surface area contributed by atoms with E-state index in [0.29, 0.717) is 6.42 Å². The molecule has 2 aromatic rings. The number of alkyl halides is 3. The quantitative estimate of drug-likeness (QED) is 0.779. The average molecular weight is 317 g/mol. The van der Waals surface area contributed by atoms with Crippen LogP contribution in [0.5, 0.6) is 0 Å². The van der Waals surface area contributed by atoms with Gasteiger partial charge in [0.15, 0.2) is 0 Å². The lowest BCUT2D eigenvalue weighted by Crippen LogP contribution is -2.29. The molecule has 0 aliphatic heterocycles. The summed E-state index contributed by atoms with van der Waals surface area (Å²) >= 11 is 1.69. The topological polar surface area (TPSA) is 21.3 Å². The predicted molar refractivity (Wildman–Crippen MR) is 79.9 cm³/mol. The summed E-state index contributed by atoms with van der Waals surface area (Å²) in [5.41, 5.74) is 1.23. The molecule has 0 saturated carbocycles. The second-order valence-electron chi connectivity index (χ2n) is 4.90. The van der Waals surface area contributed by atoms with Gasteiger partial charge in [0.2, 0.25) is 0 Å². The molecular formula is C15H18F3NOS. The van der Waals surface area contributed by atoms with Gasteiger partial charge in [-0.25, -0.2) is 0 Å². The van der Waals surface area contributed by atoms with Gasteiger partial charge in [-0.3, -0.25) is 0 Å². The van der Waals surface area contributed by atoms with Crippen molar-refractivity contribution in [1.29, 1.82) is 0 Å². The van der Waals surface area contributed by atoms with Crippen LogP contribution in [0.3, 0.4) is 0 Å². The SMILES string of the molecule is CNC(CCOCC(F)(F)F)Cc1csc2ccccc12. The molecular weight excluding hydrogens is 299 g/mol. The molecule has 1 unspecified atom stereocenters. The van der Waals surface area contributed by atoms with Crippen LogP contribution in [0.4, 0.5) is 13.2 Å². The summed E-state index contributed by atoms with van der Waals surface area (Å²) in [6.45, 7) is -1.07. The average Bonchev–Trinajstić information content (AvgIpc) is 2.84. The number of ether oxygens (including phenoxy) is 1. The number of rotatable bonds is 7. The van der Waals surface area contributed by atoms with E-state index < -0.39 is 12.8 Å². The van der Waals surface area contributed by atoms with Gasteiger partial charge in [-0.1, -0.05) is 18.2 Å². The molecule has 0 aliphatic rings. The Morgan fingerprint density at radius 1 is 1.29 bits per heavy atom. The molecule has 0 bridgehead atoms. The van der Waals surface area contributed by atoms with Crippen molar-refractivity contribution in [2.45, 2.75) is 25.1 Å². The van der Waals surface area contributed by atoms with Gasteiger partial charge in [-0.15, -0.1) is 11.3 Å². The molecule has 6 heteroatoms. The fourth-order valence-electron chi connectivity index (χ4n) is 2.22. The minimum Gasteiger partial charge on any atom is -0.372 e. The number of hydrogen-bond donors (Lipinski definition) is 1.